The highest BCUT2D eigenvalue weighted by atomic mass is 19.4. The maximum atomic E-state index is 12.9. The molecule has 0 aromatic heterocycles. The summed E-state index contributed by atoms with van der Waals surface area (Å²) >= 11 is 0. The van der Waals surface area contributed by atoms with E-state index in [1.54, 1.807) is 25.1 Å². The molecule has 4 nitrogen and oxygen atoms in total. The number of nitrogens with one attached hydrogen (secondary N) is 2. The highest BCUT2D eigenvalue weighted by Gasteiger charge is 2.42. The van der Waals surface area contributed by atoms with Crippen LogP contribution >= 0.6 is 0 Å². The summed E-state index contributed by atoms with van der Waals surface area (Å²) in [6.45, 7) is 1.77. The minimum atomic E-state index is -4.15. The predicted molar refractivity (Wildman–Crippen MR) is 86.0 cm³/mol. The molecule has 0 heterocycles. The van der Waals surface area contributed by atoms with Crippen LogP contribution in [0.5, 0.6) is 0 Å². The molecule has 0 radical (unpaired) electrons. The molecule has 1 amide bonds. The Labute approximate surface area is 139 Å². The molecule has 1 saturated carbocycles. The standard InChI is InChI=1S/C17H23F3N2O2/c1-11-14(16(24)21-8-9-23)6-3-7-15(11)22-13-5-2-4-12(10-13)17(18,19)20/h3,6-7,12-13,22-23H,2,4-5,8-10H2,1H3,(H,21,24)/t12-,13+/m0/s1. The molecule has 2 rings (SSSR count). The van der Waals surface area contributed by atoms with Crippen LogP contribution in [0.2, 0.25) is 0 Å². The molecule has 0 unspecified atom stereocenters. The highest BCUT2D eigenvalue weighted by Crippen LogP contribution is 2.38. The third kappa shape index (κ3) is 4.63. The van der Waals surface area contributed by atoms with Crippen molar-refractivity contribution in [3.63, 3.8) is 0 Å². The van der Waals surface area contributed by atoms with E-state index in [0.29, 0.717) is 29.7 Å². The summed E-state index contributed by atoms with van der Waals surface area (Å²) in [6, 6.07) is 4.88. The second kappa shape index (κ2) is 7.88. The zero-order chi connectivity index (χ0) is 17.7. The van der Waals surface area contributed by atoms with Crippen LogP contribution in [0.4, 0.5) is 18.9 Å². The van der Waals surface area contributed by atoms with Crippen molar-refractivity contribution < 1.29 is 23.1 Å². The van der Waals surface area contributed by atoms with E-state index in [9.17, 15) is 18.0 Å². The topological polar surface area (TPSA) is 61.4 Å². The smallest absolute Gasteiger partial charge is 0.391 e. The third-order valence-electron chi connectivity index (χ3n) is 4.47. The first-order valence-corrected chi connectivity index (χ1v) is 8.15. The van der Waals surface area contributed by atoms with E-state index < -0.39 is 12.1 Å². The van der Waals surface area contributed by atoms with Gasteiger partial charge >= 0.3 is 6.18 Å². The Kier molecular flexibility index (Phi) is 6.10. The largest absolute Gasteiger partial charge is 0.395 e. The van der Waals surface area contributed by atoms with Gasteiger partial charge in [-0.05, 0) is 43.9 Å². The molecular weight excluding hydrogens is 321 g/mol. The summed E-state index contributed by atoms with van der Waals surface area (Å²) < 4.78 is 38.8. The quantitative estimate of drug-likeness (QED) is 0.768. The number of rotatable bonds is 5. The Morgan fingerprint density at radius 2 is 2.08 bits per heavy atom. The minimum absolute atomic E-state index is 0.0594. The van der Waals surface area contributed by atoms with Gasteiger partial charge < -0.3 is 15.7 Å². The summed E-state index contributed by atoms with van der Waals surface area (Å²) in [5.41, 5.74) is 1.83. The van der Waals surface area contributed by atoms with Crippen molar-refractivity contribution in [1.82, 2.24) is 5.32 Å². The molecule has 1 fully saturated rings. The van der Waals surface area contributed by atoms with Gasteiger partial charge in [0.1, 0.15) is 0 Å². The molecule has 0 saturated heterocycles. The Balaban J connectivity index is 2.08. The number of halogens is 3. The molecule has 1 aliphatic carbocycles. The van der Waals surface area contributed by atoms with Gasteiger partial charge in [0, 0.05) is 23.8 Å². The SMILES string of the molecule is Cc1c(N[C@@H]2CCC[C@H](C(F)(F)F)C2)cccc1C(=O)NCCO. The average Bonchev–Trinajstić information content (AvgIpc) is 2.54. The molecule has 2 atom stereocenters. The maximum absolute atomic E-state index is 12.9. The summed E-state index contributed by atoms with van der Waals surface area (Å²) in [5, 5.41) is 14.5. The Bertz CT molecular complexity index is 575. The van der Waals surface area contributed by atoms with Gasteiger partial charge in [0.2, 0.25) is 0 Å². The summed E-state index contributed by atoms with van der Waals surface area (Å²) in [4.78, 5) is 12.1. The van der Waals surface area contributed by atoms with E-state index in [4.69, 9.17) is 5.11 Å². The fourth-order valence-corrected chi connectivity index (χ4v) is 3.14. The number of aliphatic hydroxyl groups excluding tert-OH is 1. The summed E-state index contributed by atoms with van der Waals surface area (Å²) in [7, 11) is 0. The van der Waals surface area contributed by atoms with Crippen molar-refractivity contribution in [1.29, 1.82) is 0 Å². The van der Waals surface area contributed by atoms with E-state index >= 15 is 0 Å². The van der Waals surface area contributed by atoms with Crippen molar-refractivity contribution in [2.45, 2.75) is 44.8 Å². The van der Waals surface area contributed by atoms with Crippen molar-refractivity contribution >= 4 is 11.6 Å². The van der Waals surface area contributed by atoms with Gasteiger partial charge in [0.05, 0.1) is 12.5 Å². The Hall–Kier alpha value is -1.76. The highest BCUT2D eigenvalue weighted by molar-refractivity contribution is 5.97. The maximum Gasteiger partial charge on any atom is 0.391 e. The Morgan fingerprint density at radius 3 is 2.75 bits per heavy atom. The van der Waals surface area contributed by atoms with E-state index in [2.05, 4.69) is 10.6 Å². The molecule has 1 aliphatic rings. The van der Waals surface area contributed by atoms with E-state index in [1.165, 1.54) is 0 Å². The molecule has 7 heteroatoms. The number of carbonyl (C=O) groups is 1. The van der Waals surface area contributed by atoms with Crippen LogP contribution in [0, 0.1) is 12.8 Å². The first kappa shape index (κ1) is 18.6. The van der Waals surface area contributed by atoms with Gasteiger partial charge in [-0.1, -0.05) is 12.5 Å². The van der Waals surface area contributed by atoms with E-state index in [-0.39, 0.29) is 37.9 Å². The molecule has 134 valence electrons. The minimum Gasteiger partial charge on any atom is -0.395 e. The van der Waals surface area contributed by atoms with Gasteiger partial charge in [-0.25, -0.2) is 0 Å². The molecule has 1 aromatic carbocycles. The summed E-state index contributed by atoms with van der Waals surface area (Å²) in [5.74, 6) is -1.57. The van der Waals surface area contributed by atoms with Crippen molar-refractivity contribution in [3.05, 3.63) is 29.3 Å². The van der Waals surface area contributed by atoms with Crippen molar-refractivity contribution in [3.8, 4) is 0 Å². The van der Waals surface area contributed by atoms with Crippen molar-refractivity contribution in [2.24, 2.45) is 5.92 Å². The van der Waals surface area contributed by atoms with Gasteiger partial charge in [-0.15, -0.1) is 0 Å². The molecule has 0 bridgehead atoms. The van der Waals surface area contributed by atoms with Crippen LogP contribution in [0.1, 0.15) is 41.6 Å². The first-order valence-electron chi connectivity index (χ1n) is 8.15. The monoisotopic (exact) mass is 344 g/mol. The number of amides is 1. The lowest BCUT2D eigenvalue weighted by Crippen LogP contribution is -2.35. The van der Waals surface area contributed by atoms with Crippen LogP contribution in [0.25, 0.3) is 0 Å². The second-order valence-corrected chi connectivity index (χ2v) is 6.20. The predicted octanol–water partition coefficient (Wildman–Crippen LogP) is 3.25. The third-order valence-corrected chi connectivity index (χ3v) is 4.47. The van der Waals surface area contributed by atoms with Gasteiger partial charge in [0.15, 0.2) is 0 Å². The number of hydrogen-bond donors (Lipinski definition) is 3. The molecule has 0 aliphatic heterocycles. The van der Waals surface area contributed by atoms with Crippen LogP contribution in [-0.2, 0) is 0 Å². The number of aliphatic hydroxyl groups is 1. The molecule has 3 N–H and O–H groups in total. The fraction of sp³-hybridized carbons (Fsp3) is 0.588. The van der Waals surface area contributed by atoms with Crippen LogP contribution in [0.15, 0.2) is 18.2 Å². The molecular formula is C17H23F3N2O2. The Morgan fingerprint density at radius 1 is 1.33 bits per heavy atom. The lowest BCUT2D eigenvalue weighted by Gasteiger charge is -2.32. The molecule has 0 spiro atoms. The molecule has 24 heavy (non-hydrogen) atoms. The lowest BCUT2D eigenvalue weighted by molar-refractivity contribution is -0.182. The van der Waals surface area contributed by atoms with Gasteiger partial charge in [0.25, 0.3) is 5.91 Å². The van der Waals surface area contributed by atoms with E-state index in [0.717, 1.165) is 0 Å². The fourth-order valence-electron chi connectivity index (χ4n) is 3.14. The van der Waals surface area contributed by atoms with Crippen LogP contribution in [0.3, 0.4) is 0 Å². The second-order valence-electron chi connectivity index (χ2n) is 6.20. The molecule has 1 aromatic rings. The number of anilines is 1. The number of alkyl halides is 3. The zero-order valence-corrected chi connectivity index (χ0v) is 13.6. The first-order chi connectivity index (χ1) is 11.3. The zero-order valence-electron chi connectivity index (χ0n) is 13.6. The van der Waals surface area contributed by atoms with E-state index in [1.807, 2.05) is 0 Å². The number of benzene rings is 1. The number of hydrogen-bond acceptors (Lipinski definition) is 3. The van der Waals surface area contributed by atoms with Gasteiger partial charge in [-0.3, -0.25) is 4.79 Å². The van der Waals surface area contributed by atoms with Gasteiger partial charge in [-0.2, -0.15) is 13.2 Å². The normalized spacial score (nSPS) is 21.4. The van der Waals surface area contributed by atoms with Crippen LogP contribution < -0.4 is 10.6 Å². The number of carbonyl (C=O) groups excluding carboxylic acids is 1. The lowest BCUT2D eigenvalue weighted by atomic mass is 9.85. The average molecular weight is 344 g/mol. The van der Waals surface area contributed by atoms with Crippen LogP contribution in [-0.4, -0.2) is 36.4 Å². The van der Waals surface area contributed by atoms with Crippen molar-refractivity contribution in [2.75, 3.05) is 18.5 Å². The summed E-state index contributed by atoms with van der Waals surface area (Å²) in [6.07, 6.45) is -2.68.